The van der Waals surface area contributed by atoms with E-state index in [1.54, 1.807) is 34.5 Å². The largest absolute Gasteiger partial charge is 0.299 e. The molecule has 0 aliphatic rings. The van der Waals surface area contributed by atoms with Gasteiger partial charge >= 0.3 is 0 Å². The van der Waals surface area contributed by atoms with Gasteiger partial charge in [-0.05, 0) is 37.0 Å². The number of rotatable bonds is 7. The van der Waals surface area contributed by atoms with Gasteiger partial charge in [-0.1, -0.05) is 28.5 Å². The molecule has 0 saturated carbocycles. The maximum Gasteiger partial charge on any atom is 0.143 e. The van der Waals surface area contributed by atoms with Crippen molar-refractivity contribution in [3.05, 3.63) is 0 Å². The summed E-state index contributed by atoms with van der Waals surface area (Å²) in [5, 5.41) is 0.0728. The van der Waals surface area contributed by atoms with Crippen LogP contribution in [0.2, 0.25) is 0 Å². The average molecular weight is 252 g/mol. The summed E-state index contributed by atoms with van der Waals surface area (Å²) in [7, 11) is 4.62. The van der Waals surface area contributed by atoms with Gasteiger partial charge in [0.2, 0.25) is 0 Å². The van der Waals surface area contributed by atoms with E-state index in [0.29, 0.717) is 0 Å². The minimum absolute atomic E-state index is 0.0111. The molecule has 2 nitrogen and oxygen atoms in total. The first-order valence-corrected chi connectivity index (χ1v) is 8.09. The standard InChI is InChI=1S/C9H16O2S3/c1-5-9(7(3)11)13-14-12-8(4)6(2)10/h8-9H,5H2,1-4H3. The highest BCUT2D eigenvalue weighted by Gasteiger charge is 2.15. The van der Waals surface area contributed by atoms with E-state index < -0.39 is 0 Å². The monoisotopic (exact) mass is 252 g/mol. The molecule has 0 N–H and O–H groups in total. The maximum absolute atomic E-state index is 11.1. The van der Waals surface area contributed by atoms with Gasteiger partial charge in [0.1, 0.15) is 11.6 Å². The zero-order chi connectivity index (χ0) is 11.1. The van der Waals surface area contributed by atoms with Crippen molar-refractivity contribution in [2.24, 2.45) is 0 Å². The van der Waals surface area contributed by atoms with Gasteiger partial charge in [0, 0.05) is 0 Å². The Bertz CT molecular complexity index is 206. The van der Waals surface area contributed by atoms with Crippen molar-refractivity contribution in [2.75, 3.05) is 0 Å². The zero-order valence-electron chi connectivity index (χ0n) is 8.90. The molecule has 0 radical (unpaired) electrons. The first kappa shape index (κ1) is 14.4. The smallest absolute Gasteiger partial charge is 0.143 e. The van der Waals surface area contributed by atoms with E-state index >= 15 is 0 Å². The SMILES string of the molecule is CCC(SSSC(C)C(C)=O)C(C)=O. The van der Waals surface area contributed by atoms with Gasteiger partial charge in [-0.15, -0.1) is 0 Å². The third-order valence-corrected chi connectivity index (χ3v) is 6.86. The van der Waals surface area contributed by atoms with Crippen LogP contribution in [0.4, 0.5) is 0 Å². The zero-order valence-corrected chi connectivity index (χ0v) is 11.4. The highest BCUT2D eigenvalue weighted by molar-refractivity contribution is 9.09. The Hall–Kier alpha value is 0.390. The Morgan fingerprint density at radius 3 is 2.07 bits per heavy atom. The third-order valence-electron chi connectivity index (χ3n) is 1.74. The van der Waals surface area contributed by atoms with Crippen molar-refractivity contribution in [3.8, 4) is 0 Å². The van der Waals surface area contributed by atoms with Gasteiger partial charge in [-0.2, -0.15) is 0 Å². The summed E-state index contributed by atoms with van der Waals surface area (Å²) in [6.07, 6.45) is 0.849. The molecule has 0 spiro atoms. The molecule has 0 aliphatic heterocycles. The van der Waals surface area contributed by atoms with Crippen molar-refractivity contribution >= 4 is 43.0 Å². The van der Waals surface area contributed by atoms with Crippen molar-refractivity contribution < 1.29 is 9.59 Å². The minimum Gasteiger partial charge on any atom is -0.299 e. The lowest BCUT2D eigenvalue weighted by atomic mass is 10.2. The first-order valence-electron chi connectivity index (χ1n) is 4.48. The van der Waals surface area contributed by atoms with E-state index in [9.17, 15) is 9.59 Å². The van der Waals surface area contributed by atoms with Crippen molar-refractivity contribution in [3.63, 3.8) is 0 Å². The summed E-state index contributed by atoms with van der Waals surface area (Å²) in [6, 6.07) is 0. The van der Waals surface area contributed by atoms with Crippen LogP contribution < -0.4 is 0 Å². The molecule has 82 valence electrons. The van der Waals surface area contributed by atoms with Crippen LogP contribution >= 0.6 is 31.4 Å². The van der Waals surface area contributed by atoms with Crippen LogP contribution in [0.15, 0.2) is 0 Å². The summed E-state index contributed by atoms with van der Waals surface area (Å²) in [4.78, 5) is 22.0. The van der Waals surface area contributed by atoms with Crippen molar-refractivity contribution in [1.82, 2.24) is 0 Å². The fourth-order valence-corrected chi connectivity index (χ4v) is 5.60. The summed E-state index contributed by atoms with van der Waals surface area (Å²) in [6.45, 7) is 7.08. The van der Waals surface area contributed by atoms with E-state index in [4.69, 9.17) is 0 Å². The van der Waals surface area contributed by atoms with Crippen LogP contribution in [0.25, 0.3) is 0 Å². The summed E-state index contributed by atoms with van der Waals surface area (Å²) >= 11 is 0. The molecule has 0 rings (SSSR count). The molecule has 0 aromatic carbocycles. The molecule has 0 aromatic heterocycles. The quantitative estimate of drug-likeness (QED) is 0.649. The lowest BCUT2D eigenvalue weighted by Gasteiger charge is -2.10. The molecule has 0 amide bonds. The molecule has 0 heterocycles. The van der Waals surface area contributed by atoms with Crippen molar-refractivity contribution in [1.29, 1.82) is 0 Å². The van der Waals surface area contributed by atoms with Crippen LogP contribution in [0, 0.1) is 0 Å². The fourth-order valence-electron chi connectivity index (χ4n) is 0.620. The first-order chi connectivity index (χ1) is 6.49. The summed E-state index contributed by atoms with van der Waals surface area (Å²) in [5.74, 6) is 0.389. The van der Waals surface area contributed by atoms with Gasteiger partial charge in [-0.25, -0.2) is 0 Å². The lowest BCUT2D eigenvalue weighted by Crippen LogP contribution is -2.10. The Morgan fingerprint density at radius 1 is 1.14 bits per heavy atom. The van der Waals surface area contributed by atoms with Gasteiger partial charge in [0.25, 0.3) is 0 Å². The normalized spacial score (nSPS) is 14.9. The van der Waals surface area contributed by atoms with Crippen LogP contribution in [-0.4, -0.2) is 22.1 Å². The van der Waals surface area contributed by atoms with E-state index in [1.807, 2.05) is 13.8 Å². The maximum atomic E-state index is 11.1. The Balaban J connectivity index is 3.71. The topological polar surface area (TPSA) is 34.1 Å². The number of ketones is 2. The summed E-state index contributed by atoms with van der Waals surface area (Å²) in [5.41, 5.74) is 0. The van der Waals surface area contributed by atoms with Crippen LogP contribution in [0.1, 0.15) is 34.1 Å². The molecule has 5 heteroatoms. The molecule has 14 heavy (non-hydrogen) atoms. The molecule has 2 atom stereocenters. The summed E-state index contributed by atoms with van der Waals surface area (Å²) < 4.78 is 0. The molecule has 0 saturated heterocycles. The van der Waals surface area contributed by atoms with Gasteiger partial charge < -0.3 is 0 Å². The highest BCUT2D eigenvalue weighted by Crippen LogP contribution is 2.41. The Kier molecular flexibility index (Phi) is 7.86. The Morgan fingerprint density at radius 2 is 1.71 bits per heavy atom. The van der Waals surface area contributed by atoms with E-state index in [-0.39, 0.29) is 22.1 Å². The molecule has 0 aromatic rings. The number of carbonyl (C=O) groups is 2. The molecule has 0 aliphatic carbocycles. The van der Waals surface area contributed by atoms with Crippen LogP contribution in [-0.2, 0) is 9.59 Å². The number of Topliss-reactive ketones (excluding diaryl/α,β-unsaturated/α-hetero) is 2. The van der Waals surface area contributed by atoms with Gasteiger partial charge in [0.15, 0.2) is 0 Å². The Labute approximate surface area is 97.2 Å². The second kappa shape index (κ2) is 7.65. The lowest BCUT2D eigenvalue weighted by molar-refractivity contribution is -0.117. The molecule has 0 fully saturated rings. The van der Waals surface area contributed by atoms with Gasteiger partial charge in [0.05, 0.1) is 10.5 Å². The predicted octanol–water partition coefficient (Wildman–Crippen LogP) is 3.36. The number of hydrogen-bond acceptors (Lipinski definition) is 5. The second-order valence-electron chi connectivity index (χ2n) is 3.02. The second-order valence-corrected chi connectivity index (χ2v) is 7.61. The molecule has 2 unspecified atom stereocenters. The van der Waals surface area contributed by atoms with E-state index in [2.05, 4.69) is 0 Å². The highest BCUT2D eigenvalue weighted by atomic mass is 33.5. The van der Waals surface area contributed by atoms with Crippen molar-refractivity contribution in [2.45, 2.75) is 44.6 Å². The minimum atomic E-state index is 0.0111. The third kappa shape index (κ3) is 5.98. The molecule has 0 bridgehead atoms. The van der Waals surface area contributed by atoms with Crippen LogP contribution in [0.5, 0.6) is 0 Å². The fraction of sp³-hybridized carbons (Fsp3) is 0.778. The van der Waals surface area contributed by atoms with E-state index in [1.165, 1.54) is 10.8 Å². The predicted molar refractivity (Wildman–Crippen MR) is 67.7 cm³/mol. The number of carbonyl (C=O) groups excluding carboxylic acids is 2. The van der Waals surface area contributed by atoms with E-state index in [0.717, 1.165) is 6.42 Å². The van der Waals surface area contributed by atoms with Gasteiger partial charge in [-0.3, -0.25) is 9.59 Å². The molecular formula is C9H16O2S3. The number of hydrogen-bond donors (Lipinski definition) is 0. The van der Waals surface area contributed by atoms with Crippen LogP contribution in [0.3, 0.4) is 0 Å². The molecular weight excluding hydrogens is 236 g/mol. The average Bonchev–Trinajstić information content (AvgIpc) is 2.11.